The van der Waals surface area contributed by atoms with Gasteiger partial charge in [0.15, 0.2) is 5.96 Å². The van der Waals surface area contributed by atoms with E-state index in [2.05, 4.69) is 33.5 Å². The lowest BCUT2D eigenvalue weighted by Gasteiger charge is -2.19. The van der Waals surface area contributed by atoms with Crippen LogP contribution < -0.4 is 11.1 Å². The molecule has 1 aromatic carbocycles. The van der Waals surface area contributed by atoms with Gasteiger partial charge in [0.2, 0.25) is 0 Å². The van der Waals surface area contributed by atoms with E-state index in [0.717, 1.165) is 29.9 Å². The molecular formula is C19H24N4. The molecule has 1 aliphatic carbocycles. The largest absolute Gasteiger partial charge is 0.370 e. The van der Waals surface area contributed by atoms with Crippen LogP contribution >= 0.6 is 0 Å². The number of benzene rings is 1. The minimum Gasteiger partial charge on any atom is -0.370 e. The van der Waals surface area contributed by atoms with E-state index in [4.69, 9.17) is 5.73 Å². The first-order chi connectivity index (χ1) is 11.2. The van der Waals surface area contributed by atoms with Gasteiger partial charge in [-0.15, -0.1) is 0 Å². The van der Waals surface area contributed by atoms with E-state index in [0.29, 0.717) is 12.5 Å². The highest BCUT2D eigenvalue weighted by atomic mass is 15.1. The van der Waals surface area contributed by atoms with Gasteiger partial charge in [-0.25, -0.2) is 0 Å². The standard InChI is InChI=1S/C19H24N4/c1-14-6-4-9-16(22-14)12-13-21-19(20)23-18-11-5-8-15-7-2-3-10-17(15)18/h4-6,8-9,11H,2-3,7,10,12-13H2,1H3,(H3,20,21,23). The summed E-state index contributed by atoms with van der Waals surface area (Å²) in [5.41, 5.74) is 12.1. The molecule has 0 radical (unpaired) electrons. The molecule has 1 heterocycles. The molecule has 4 nitrogen and oxygen atoms in total. The Hall–Kier alpha value is -2.36. The van der Waals surface area contributed by atoms with Crippen LogP contribution in [0.2, 0.25) is 0 Å². The van der Waals surface area contributed by atoms with E-state index in [1.165, 1.54) is 30.4 Å². The van der Waals surface area contributed by atoms with Crippen molar-refractivity contribution in [2.24, 2.45) is 10.7 Å². The third kappa shape index (κ3) is 4.09. The summed E-state index contributed by atoms with van der Waals surface area (Å²) in [6.45, 7) is 2.64. The molecule has 0 saturated carbocycles. The lowest BCUT2D eigenvalue weighted by molar-refractivity contribution is 0.687. The molecule has 0 unspecified atom stereocenters. The van der Waals surface area contributed by atoms with Gasteiger partial charge < -0.3 is 11.1 Å². The molecule has 0 saturated heterocycles. The van der Waals surface area contributed by atoms with Crippen molar-refractivity contribution >= 4 is 11.6 Å². The van der Waals surface area contributed by atoms with E-state index in [-0.39, 0.29) is 0 Å². The molecule has 0 atom stereocenters. The minimum atomic E-state index is 0.483. The van der Waals surface area contributed by atoms with Crippen molar-refractivity contribution in [1.29, 1.82) is 0 Å². The number of fused-ring (bicyclic) bond motifs is 1. The fourth-order valence-electron chi connectivity index (χ4n) is 3.11. The molecule has 120 valence electrons. The average Bonchev–Trinajstić information content (AvgIpc) is 2.55. The smallest absolute Gasteiger partial charge is 0.193 e. The first-order valence-corrected chi connectivity index (χ1v) is 8.32. The van der Waals surface area contributed by atoms with Crippen molar-refractivity contribution in [1.82, 2.24) is 4.98 Å². The van der Waals surface area contributed by atoms with Crippen LogP contribution in [-0.2, 0) is 19.3 Å². The molecule has 0 bridgehead atoms. The maximum Gasteiger partial charge on any atom is 0.193 e. The van der Waals surface area contributed by atoms with Crippen molar-refractivity contribution in [3.63, 3.8) is 0 Å². The van der Waals surface area contributed by atoms with Crippen LogP contribution in [0.3, 0.4) is 0 Å². The molecule has 3 rings (SSSR count). The summed E-state index contributed by atoms with van der Waals surface area (Å²) in [4.78, 5) is 8.92. The number of hydrogen-bond acceptors (Lipinski definition) is 2. The number of nitrogens with zero attached hydrogens (tertiary/aromatic N) is 2. The number of nitrogens with one attached hydrogen (secondary N) is 1. The summed E-state index contributed by atoms with van der Waals surface area (Å²) in [5.74, 6) is 0.483. The van der Waals surface area contributed by atoms with Crippen molar-refractivity contribution in [3.8, 4) is 0 Å². The predicted molar refractivity (Wildman–Crippen MR) is 95.9 cm³/mol. The molecule has 1 aromatic heterocycles. The van der Waals surface area contributed by atoms with E-state index in [9.17, 15) is 0 Å². The van der Waals surface area contributed by atoms with E-state index >= 15 is 0 Å². The number of rotatable bonds is 4. The van der Waals surface area contributed by atoms with Crippen LogP contribution in [0.5, 0.6) is 0 Å². The molecule has 0 fully saturated rings. The van der Waals surface area contributed by atoms with Crippen LogP contribution in [-0.4, -0.2) is 17.5 Å². The predicted octanol–water partition coefficient (Wildman–Crippen LogP) is 3.24. The number of guanidine groups is 1. The molecule has 23 heavy (non-hydrogen) atoms. The van der Waals surface area contributed by atoms with Gasteiger partial charge in [-0.1, -0.05) is 18.2 Å². The van der Waals surface area contributed by atoms with Gasteiger partial charge in [0.05, 0.1) is 0 Å². The highest BCUT2D eigenvalue weighted by molar-refractivity contribution is 5.93. The van der Waals surface area contributed by atoms with E-state index in [1.54, 1.807) is 0 Å². The Morgan fingerprint density at radius 2 is 2.00 bits per heavy atom. The Morgan fingerprint density at radius 3 is 2.87 bits per heavy atom. The Bertz CT molecular complexity index is 706. The molecule has 4 heteroatoms. The van der Waals surface area contributed by atoms with E-state index < -0.39 is 0 Å². The van der Waals surface area contributed by atoms with Crippen molar-refractivity contribution in [2.75, 3.05) is 11.9 Å². The summed E-state index contributed by atoms with van der Waals surface area (Å²) in [6, 6.07) is 12.5. The van der Waals surface area contributed by atoms with Gasteiger partial charge in [-0.3, -0.25) is 9.98 Å². The second kappa shape index (κ2) is 7.27. The second-order valence-corrected chi connectivity index (χ2v) is 6.06. The lowest BCUT2D eigenvalue weighted by atomic mass is 9.90. The molecule has 3 N–H and O–H groups in total. The quantitative estimate of drug-likeness (QED) is 0.673. The molecule has 0 spiro atoms. The van der Waals surface area contributed by atoms with Crippen LogP contribution in [0.1, 0.15) is 35.4 Å². The minimum absolute atomic E-state index is 0.483. The number of aromatic nitrogens is 1. The number of nitrogens with two attached hydrogens (primary N) is 1. The topological polar surface area (TPSA) is 63.3 Å². The summed E-state index contributed by atoms with van der Waals surface area (Å²) in [7, 11) is 0. The Morgan fingerprint density at radius 1 is 1.17 bits per heavy atom. The number of aryl methyl sites for hydroxylation is 2. The summed E-state index contributed by atoms with van der Waals surface area (Å²) < 4.78 is 0. The zero-order chi connectivity index (χ0) is 16.1. The molecule has 0 amide bonds. The summed E-state index contributed by atoms with van der Waals surface area (Å²) in [5, 5.41) is 3.28. The average molecular weight is 308 g/mol. The van der Waals surface area contributed by atoms with Crippen LogP contribution in [0.25, 0.3) is 0 Å². The fourth-order valence-corrected chi connectivity index (χ4v) is 3.11. The van der Waals surface area contributed by atoms with E-state index in [1.807, 2.05) is 25.1 Å². The highest BCUT2D eigenvalue weighted by Gasteiger charge is 2.12. The lowest BCUT2D eigenvalue weighted by Crippen LogP contribution is -2.24. The number of pyridine rings is 1. The Kier molecular flexibility index (Phi) is 4.91. The molecule has 1 aliphatic rings. The summed E-state index contributed by atoms with van der Waals surface area (Å²) >= 11 is 0. The van der Waals surface area contributed by atoms with Crippen LogP contribution in [0.15, 0.2) is 41.4 Å². The van der Waals surface area contributed by atoms with Crippen molar-refractivity contribution in [2.45, 2.75) is 39.0 Å². The number of anilines is 1. The van der Waals surface area contributed by atoms with Crippen molar-refractivity contribution < 1.29 is 0 Å². The first-order valence-electron chi connectivity index (χ1n) is 8.32. The van der Waals surface area contributed by atoms with Gasteiger partial charge in [0.25, 0.3) is 0 Å². The van der Waals surface area contributed by atoms with Gasteiger partial charge >= 0.3 is 0 Å². The van der Waals surface area contributed by atoms with Crippen LogP contribution in [0.4, 0.5) is 5.69 Å². The molecular weight excluding hydrogens is 284 g/mol. The highest BCUT2D eigenvalue weighted by Crippen LogP contribution is 2.27. The SMILES string of the molecule is Cc1cccc(CCN=C(N)Nc2cccc3c2CCCC3)n1. The number of aliphatic imine (C=N–C) groups is 1. The molecule has 2 aromatic rings. The second-order valence-electron chi connectivity index (χ2n) is 6.06. The fraction of sp³-hybridized carbons (Fsp3) is 0.368. The Labute approximate surface area is 137 Å². The summed E-state index contributed by atoms with van der Waals surface area (Å²) in [6.07, 6.45) is 5.63. The van der Waals surface area contributed by atoms with Crippen molar-refractivity contribution in [3.05, 3.63) is 58.9 Å². The normalized spacial score (nSPS) is 14.4. The first kappa shape index (κ1) is 15.5. The third-order valence-corrected chi connectivity index (χ3v) is 4.25. The maximum atomic E-state index is 6.05. The number of hydrogen-bond donors (Lipinski definition) is 2. The van der Waals surface area contributed by atoms with Gasteiger partial charge in [-0.2, -0.15) is 0 Å². The maximum absolute atomic E-state index is 6.05. The third-order valence-electron chi connectivity index (χ3n) is 4.25. The van der Waals surface area contributed by atoms with Gasteiger partial charge in [-0.05, 0) is 61.9 Å². The van der Waals surface area contributed by atoms with Crippen LogP contribution in [0, 0.1) is 6.92 Å². The molecule has 0 aliphatic heterocycles. The zero-order valence-corrected chi connectivity index (χ0v) is 13.7. The monoisotopic (exact) mass is 308 g/mol. The van der Waals surface area contributed by atoms with Gasteiger partial charge in [0.1, 0.15) is 0 Å². The Balaban J connectivity index is 1.61. The van der Waals surface area contributed by atoms with Gasteiger partial charge in [0, 0.05) is 30.0 Å². The zero-order valence-electron chi connectivity index (χ0n) is 13.7.